The second-order valence-corrected chi connectivity index (χ2v) is 4.79. The number of benzene rings is 2. The van der Waals surface area contributed by atoms with Crippen molar-refractivity contribution < 1.29 is 26.3 Å². The Kier molecular flexibility index (Phi) is 4.18. The molecule has 0 saturated heterocycles. The molecule has 0 aromatic heterocycles. The van der Waals surface area contributed by atoms with Crippen molar-refractivity contribution in [1.82, 2.24) is 0 Å². The van der Waals surface area contributed by atoms with E-state index in [1.165, 1.54) is 13.0 Å². The second-order valence-electron chi connectivity index (χ2n) is 4.35. The first-order valence-corrected chi connectivity index (χ1v) is 6.10. The largest absolute Gasteiger partial charge is 0.207 e. The average molecular weight is 325 g/mol. The predicted octanol–water partition coefficient (Wildman–Crippen LogP) is 5.16. The zero-order valence-electron chi connectivity index (χ0n) is 10.5. The Morgan fingerprint density at radius 3 is 1.76 bits per heavy atom. The minimum absolute atomic E-state index is 0.0128. The Bertz CT molecular complexity index is 684. The Morgan fingerprint density at radius 2 is 1.29 bits per heavy atom. The van der Waals surface area contributed by atoms with Gasteiger partial charge < -0.3 is 0 Å². The number of hydrogen-bond acceptors (Lipinski definition) is 0. The van der Waals surface area contributed by atoms with Crippen LogP contribution in [0.3, 0.4) is 0 Å². The van der Waals surface area contributed by atoms with Crippen molar-refractivity contribution in [3.8, 4) is 0 Å². The fourth-order valence-corrected chi connectivity index (χ4v) is 2.16. The van der Waals surface area contributed by atoms with Crippen molar-refractivity contribution in [1.29, 1.82) is 0 Å². The van der Waals surface area contributed by atoms with Gasteiger partial charge in [0, 0.05) is 0 Å². The molecule has 0 heterocycles. The molecular weight excluding hydrogens is 318 g/mol. The van der Waals surface area contributed by atoms with Crippen molar-refractivity contribution in [2.45, 2.75) is 12.3 Å². The van der Waals surface area contributed by atoms with Crippen LogP contribution in [0.25, 0.3) is 0 Å². The summed E-state index contributed by atoms with van der Waals surface area (Å²) in [6.45, 7) is 1.38. The van der Waals surface area contributed by atoms with Crippen LogP contribution in [0.4, 0.5) is 26.3 Å². The van der Waals surface area contributed by atoms with E-state index < -0.39 is 45.8 Å². The number of aryl methyl sites for hydroxylation is 1. The summed E-state index contributed by atoms with van der Waals surface area (Å²) in [5.74, 6) is -11.0. The minimum Gasteiger partial charge on any atom is -0.207 e. The standard InChI is InChI=1S/C14H7ClF6/c1-5-4-6(2-3-7(5)16)9(15)8-10(17)12(19)14(21)13(20)11(8)18/h2-4,9H,1H3. The van der Waals surface area contributed by atoms with Gasteiger partial charge in [-0.1, -0.05) is 12.1 Å². The van der Waals surface area contributed by atoms with Gasteiger partial charge in [-0.2, -0.15) is 0 Å². The van der Waals surface area contributed by atoms with E-state index in [1.54, 1.807) is 0 Å². The van der Waals surface area contributed by atoms with Crippen LogP contribution < -0.4 is 0 Å². The summed E-state index contributed by atoms with van der Waals surface area (Å²) in [5.41, 5.74) is -1.03. The monoisotopic (exact) mass is 324 g/mol. The highest BCUT2D eigenvalue weighted by molar-refractivity contribution is 6.22. The summed E-state index contributed by atoms with van der Waals surface area (Å²) in [6, 6.07) is 3.27. The molecule has 1 atom stereocenters. The lowest BCUT2D eigenvalue weighted by molar-refractivity contribution is 0.370. The second kappa shape index (κ2) is 5.60. The van der Waals surface area contributed by atoms with Crippen LogP contribution in [-0.2, 0) is 0 Å². The number of halogens is 7. The van der Waals surface area contributed by atoms with E-state index in [-0.39, 0.29) is 11.1 Å². The molecule has 1 unspecified atom stereocenters. The third-order valence-corrected chi connectivity index (χ3v) is 3.44. The van der Waals surface area contributed by atoms with Gasteiger partial charge in [-0.05, 0) is 24.1 Å². The predicted molar refractivity (Wildman–Crippen MR) is 65.1 cm³/mol. The third-order valence-electron chi connectivity index (χ3n) is 2.97. The van der Waals surface area contributed by atoms with Crippen molar-refractivity contribution in [3.05, 3.63) is 69.8 Å². The summed E-state index contributed by atoms with van der Waals surface area (Å²) in [4.78, 5) is 0. The Labute approximate surface area is 121 Å². The fraction of sp³-hybridized carbons (Fsp3) is 0.143. The highest BCUT2D eigenvalue weighted by Crippen LogP contribution is 2.36. The maximum absolute atomic E-state index is 13.6. The number of alkyl halides is 1. The molecule has 0 aliphatic heterocycles. The molecule has 2 aromatic carbocycles. The Morgan fingerprint density at radius 1 is 0.810 bits per heavy atom. The van der Waals surface area contributed by atoms with Gasteiger partial charge >= 0.3 is 0 Å². The van der Waals surface area contributed by atoms with Gasteiger partial charge in [-0.3, -0.25) is 0 Å². The van der Waals surface area contributed by atoms with Gasteiger partial charge in [-0.25, -0.2) is 26.3 Å². The molecule has 0 amide bonds. The van der Waals surface area contributed by atoms with Crippen LogP contribution in [0.1, 0.15) is 22.1 Å². The van der Waals surface area contributed by atoms with E-state index in [4.69, 9.17) is 11.6 Å². The van der Waals surface area contributed by atoms with Gasteiger partial charge in [0.15, 0.2) is 23.3 Å². The molecule has 7 heteroatoms. The van der Waals surface area contributed by atoms with E-state index in [0.29, 0.717) is 0 Å². The third kappa shape index (κ3) is 2.60. The zero-order valence-corrected chi connectivity index (χ0v) is 11.2. The normalized spacial score (nSPS) is 12.6. The van der Waals surface area contributed by atoms with E-state index in [0.717, 1.165) is 12.1 Å². The smallest absolute Gasteiger partial charge is 0.200 e. The Hall–Kier alpha value is -1.69. The molecule has 0 fully saturated rings. The first-order valence-electron chi connectivity index (χ1n) is 5.67. The lowest BCUT2D eigenvalue weighted by Crippen LogP contribution is -2.09. The fourth-order valence-electron chi connectivity index (χ4n) is 1.84. The van der Waals surface area contributed by atoms with Gasteiger partial charge in [-0.15, -0.1) is 11.6 Å². The van der Waals surface area contributed by atoms with Gasteiger partial charge in [0.1, 0.15) is 5.82 Å². The maximum atomic E-state index is 13.6. The SMILES string of the molecule is Cc1cc(C(Cl)c2c(F)c(F)c(F)c(F)c2F)ccc1F. The molecule has 0 aliphatic rings. The molecule has 0 radical (unpaired) electrons. The molecule has 112 valence electrons. The summed E-state index contributed by atoms with van der Waals surface area (Å²) >= 11 is 5.80. The summed E-state index contributed by atoms with van der Waals surface area (Å²) in [5, 5.41) is -1.64. The van der Waals surface area contributed by atoms with Gasteiger partial charge in [0.2, 0.25) is 5.82 Å². The summed E-state index contributed by atoms with van der Waals surface area (Å²) < 4.78 is 79.7. The van der Waals surface area contributed by atoms with Crippen LogP contribution >= 0.6 is 11.6 Å². The lowest BCUT2D eigenvalue weighted by Gasteiger charge is -2.14. The first-order chi connectivity index (χ1) is 9.75. The van der Waals surface area contributed by atoms with Crippen molar-refractivity contribution >= 4 is 11.6 Å². The van der Waals surface area contributed by atoms with Crippen molar-refractivity contribution in [2.24, 2.45) is 0 Å². The van der Waals surface area contributed by atoms with E-state index in [2.05, 4.69) is 0 Å². The molecule has 21 heavy (non-hydrogen) atoms. The highest BCUT2D eigenvalue weighted by atomic mass is 35.5. The molecule has 2 rings (SSSR count). The van der Waals surface area contributed by atoms with Gasteiger partial charge in [0.25, 0.3) is 0 Å². The van der Waals surface area contributed by atoms with Crippen molar-refractivity contribution in [3.63, 3.8) is 0 Å². The van der Waals surface area contributed by atoms with Crippen molar-refractivity contribution in [2.75, 3.05) is 0 Å². The molecule has 0 aliphatic carbocycles. The van der Waals surface area contributed by atoms with E-state index in [1.807, 2.05) is 0 Å². The van der Waals surface area contributed by atoms with Crippen LogP contribution in [-0.4, -0.2) is 0 Å². The Balaban J connectivity index is 2.63. The van der Waals surface area contributed by atoms with Crippen LogP contribution in [0.15, 0.2) is 18.2 Å². The van der Waals surface area contributed by atoms with Gasteiger partial charge in [0.05, 0.1) is 10.9 Å². The van der Waals surface area contributed by atoms with Crippen LogP contribution in [0, 0.1) is 41.8 Å². The van der Waals surface area contributed by atoms with E-state index >= 15 is 0 Å². The van der Waals surface area contributed by atoms with E-state index in [9.17, 15) is 26.3 Å². The number of hydrogen-bond donors (Lipinski definition) is 0. The summed E-state index contributed by atoms with van der Waals surface area (Å²) in [7, 11) is 0. The lowest BCUT2D eigenvalue weighted by atomic mass is 10.0. The minimum atomic E-state index is -2.26. The topological polar surface area (TPSA) is 0 Å². The van der Waals surface area contributed by atoms with Crippen LogP contribution in [0.2, 0.25) is 0 Å². The molecule has 0 N–H and O–H groups in total. The summed E-state index contributed by atoms with van der Waals surface area (Å²) in [6.07, 6.45) is 0. The average Bonchev–Trinajstić information content (AvgIpc) is 2.46. The molecular formula is C14H7ClF6. The molecule has 0 saturated carbocycles. The molecule has 0 bridgehead atoms. The highest BCUT2D eigenvalue weighted by Gasteiger charge is 2.30. The molecule has 2 aromatic rings. The molecule has 0 nitrogen and oxygen atoms in total. The number of rotatable bonds is 2. The molecule has 0 spiro atoms. The van der Waals surface area contributed by atoms with Crippen LogP contribution in [0.5, 0.6) is 0 Å². The maximum Gasteiger partial charge on any atom is 0.200 e. The quantitative estimate of drug-likeness (QED) is 0.310. The zero-order chi connectivity index (χ0) is 15.9. The first kappa shape index (κ1) is 15.7.